The normalized spacial score (nSPS) is 22.6. The quantitative estimate of drug-likeness (QED) is 0.854. The molecule has 0 aliphatic carbocycles. The number of nitrogens with zero attached hydrogens (tertiary/aromatic N) is 2. The van der Waals surface area contributed by atoms with Crippen LogP contribution in [-0.2, 0) is 14.8 Å². The zero-order valence-electron chi connectivity index (χ0n) is 13.9. The summed E-state index contributed by atoms with van der Waals surface area (Å²) in [6, 6.07) is 13.0. The van der Waals surface area contributed by atoms with Crippen LogP contribution in [0.5, 0.6) is 0 Å². The summed E-state index contributed by atoms with van der Waals surface area (Å²) in [5, 5.41) is 0. The van der Waals surface area contributed by atoms with Gasteiger partial charge in [0.05, 0.1) is 12.2 Å². The van der Waals surface area contributed by atoms with Gasteiger partial charge < -0.3 is 4.74 Å². The lowest BCUT2D eigenvalue weighted by atomic mass is 10.0. The van der Waals surface area contributed by atoms with E-state index in [1.54, 1.807) is 18.3 Å². The van der Waals surface area contributed by atoms with E-state index in [1.807, 2.05) is 44.2 Å². The Morgan fingerprint density at radius 2 is 1.88 bits per heavy atom. The summed E-state index contributed by atoms with van der Waals surface area (Å²) in [6.07, 6.45) is 2.56. The number of pyridine rings is 1. The van der Waals surface area contributed by atoms with E-state index < -0.39 is 10.0 Å². The number of rotatable bonds is 4. The predicted octanol–water partition coefficient (Wildman–Crippen LogP) is 2.87. The molecule has 1 saturated heterocycles. The van der Waals surface area contributed by atoms with Crippen LogP contribution in [0.15, 0.2) is 59.8 Å². The van der Waals surface area contributed by atoms with E-state index in [-0.39, 0.29) is 23.0 Å². The molecule has 128 valence electrons. The van der Waals surface area contributed by atoms with Gasteiger partial charge in [-0.2, -0.15) is 4.31 Å². The van der Waals surface area contributed by atoms with Crippen LogP contribution in [0.3, 0.4) is 0 Å². The fourth-order valence-corrected chi connectivity index (χ4v) is 4.24. The van der Waals surface area contributed by atoms with Gasteiger partial charge in [-0.15, -0.1) is 0 Å². The Bertz CT molecular complexity index is 763. The van der Waals surface area contributed by atoms with E-state index in [0.29, 0.717) is 13.1 Å². The first-order valence-corrected chi connectivity index (χ1v) is 9.53. The molecule has 0 saturated carbocycles. The van der Waals surface area contributed by atoms with Crippen molar-refractivity contribution in [2.45, 2.75) is 31.0 Å². The molecule has 1 aliphatic rings. The maximum Gasteiger partial charge on any atom is 0.244 e. The topological polar surface area (TPSA) is 59.5 Å². The molecule has 1 aliphatic heterocycles. The molecule has 2 heterocycles. The largest absolute Gasteiger partial charge is 0.367 e. The first-order valence-electron chi connectivity index (χ1n) is 8.09. The second kappa shape index (κ2) is 7.01. The van der Waals surface area contributed by atoms with Crippen molar-refractivity contribution in [2.24, 2.45) is 5.92 Å². The molecule has 3 rings (SSSR count). The molecule has 0 bridgehead atoms. The Balaban J connectivity index is 1.92. The summed E-state index contributed by atoms with van der Waals surface area (Å²) in [5.74, 6) is 0.225. The average Bonchev–Trinajstić information content (AvgIpc) is 2.62. The lowest BCUT2D eigenvalue weighted by molar-refractivity contribution is -0.0847. The minimum atomic E-state index is -3.58. The van der Waals surface area contributed by atoms with Crippen molar-refractivity contribution in [3.63, 3.8) is 0 Å². The van der Waals surface area contributed by atoms with E-state index in [0.717, 1.165) is 5.56 Å². The summed E-state index contributed by atoms with van der Waals surface area (Å²) < 4.78 is 33.6. The van der Waals surface area contributed by atoms with E-state index >= 15 is 0 Å². The minimum absolute atomic E-state index is 0.143. The van der Waals surface area contributed by atoms with Crippen LogP contribution < -0.4 is 0 Å². The van der Waals surface area contributed by atoms with Gasteiger partial charge in [-0.25, -0.2) is 8.42 Å². The van der Waals surface area contributed by atoms with Gasteiger partial charge in [-0.1, -0.05) is 44.2 Å². The lowest BCUT2D eigenvalue weighted by Crippen LogP contribution is -2.48. The third kappa shape index (κ3) is 3.50. The van der Waals surface area contributed by atoms with Gasteiger partial charge in [0.2, 0.25) is 10.0 Å². The average molecular weight is 346 g/mol. The number of sulfonamides is 1. The van der Waals surface area contributed by atoms with Crippen molar-refractivity contribution in [1.82, 2.24) is 9.29 Å². The standard InChI is InChI=1S/C18H22N2O3S/c1-14(2)17-12-20(24(21,22)16-9-6-10-19-11-16)13-18(23-17)15-7-4-3-5-8-15/h3-11,14,17-18H,12-13H2,1-2H3/t17-,18+/m1/s1. The van der Waals surface area contributed by atoms with Gasteiger partial charge in [0.15, 0.2) is 0 Å². The van der Waals surface area contributed by atoms with Crippen LogP contribution in [0.4, 0.5) is 0 Å². The smallest absolute Gasteiger partial charge is 0.244 e. The highest BCUT2D eigenvalue weighted by Crippen LogP contribution is 2.31. The van der Waals surface area contributed by atoms with Gasteiger partial charge in [-0.3, -0.25) is 4.98 Å². The third-order valence-electron chi connectivity index (χ3n) is 4.28. The van der Waals surface area contributed by atoms with E-state index in [2.05, 4.69) is 4.98 Å². The molecule has 1 aromatic heterocycles. The van der Waals surface area contributed by atoms with Gasteiger partial charge in [0, 0.05) is 25.5 Å². The highest BCUT2D eigenvalue weighted by Gasteiger charge is 2.37. The third-order valence-corrected chi connectivity index (χ3v) is 6.09. The van der Waals surface area contributed by atoms with Crippen LogP contribution in [-0.4, -0.2) is 36.9 Å². The summed E-state index contributed by atoms with van der Waals surface area (Å²) in [6.45, 7) is 4.77. The summed E-state index contributed by atoms with van der Waals surface area (Å²) >= 11 is 0. The van der Waals surface area contributed by atoms with Gasteiger partial charge >= 0.3 is 0 Å². The van der Waals surface area contributed by atoms with Crippen molar-refractivity contribution >= 4 is 10.0 Å². The molecule has 0 amide bonds. The van der Waals surface area contributed by atoms with Crippen molar-refractivity contribution in [3.05, 3.63) is 60.4 Å². The highest BCUT2D eigenvalue weighted by atomic mass is 32.2. The Labute approximate surface area is 143 Å². The molecule has 0 spiro atoms. The van der Waals surface area contributed by atoms with Crippen molar-refractivity contribution in [2.75, 3.05) is 13.1 Å². The molecule has 0 unspecified atom stereocenters. The zero-order valence-corrected chi connectivity index (χ0v) is 14.7. The minimum Gasteiger partial charge on any atom is -0.367 e. The highest BCUT2D eigenvalue weighted by molar-refractivity contribution is 7.89. The summed E-state index contributed by atoms with van der Waals surface area (Å²) in [5.41, 5.74) is 0.995. The zero-order chi connectivity index (χ0) is 17.2. The fraction of sp³-hybridized carbons (Fsp3) is 0.389. The number of ether oxygens (including phenoxy) is 1. The van der Waals surface area contributed by atoms with E-state index in [1.165, 1.54) is 10.5 Å². The van der Waals surface area contributed by atoms with Crippen molar-refractivity contribution < 1.29 is 13.2 Å². The maximum absolute atomic E-state index is 13.0. The van der Waals surface area contributed by atoms with Crippen LogP contribution in [0.1, 0.15) is 25.5 Å². The molecule has 2 atom stereocenters. The second-order valence-corrected chi connectivity index (χ2v) is 8.27. The molecule has 1 aromatic carbocycles. The number of aromatic nitrogens is 1. The molecule has 0 N–H and O–H groups in total. The number of hydrogen-bond donors (Lipinski definition) is 0. The predicted molar refractivity (Wildman–Crippen MR) is 91.9 cm³/mol. The number of hydrogen-bond acceptors (Lipinski definition) is 4. The molecule has 24 heavy (non-hydrogen) atoms. The molecule has 2 aromatic rings. The lowest BCUT2D eigenvalue weighted by Gasteiger charge is -2.39. The number of morpholine rings is 1. The molecule has 6 heteroatoms. The monoisotopic (exact) mass is 346 g/mol. The SMILES string of the molecule is CC(C)[C@H]1CN(S(=O)(=O)c2cccnc2)C[C@@H](c2ccccc2)O1. The Hall–Kier alpha value is -1.76. The molecule has 5 nitrogen and oxygen atoms in total. The Kier molecular flexibility index (Phi) is 4.99. The molecular weight excluding hydrogens is 324 g/mol. The van der Waals surface area contributed by atoms with Gasteiger partial charge in [0.25, 0.3) is 0 Å². The van der Waals surface area contributed by atoms with Crippen LogP contribution in [0.2, 0.25) is 0 Å². The van der Waals surface area contributed by atoms with E-state index in [9.17, 15) is 8.42 Å². The van der Waals surface area contributed by atoms with Crippen LogP contribution in [0.25, 0.3) is 0 Å². The summed E-state index contributed by atoms with van der Waals surface area (Å²) in [7, 11) is -3.58. The Morgan fingerprint density at radius 3 is 2.50 bits per heavy atom. The maximum atomic E-state index is 13.0. The van der Waals surface area contributed by atoms with Crippen LogP contribution >= 0.6 is 0 Å². The van der Waals surface area contributed by atoms with Crippen molar-refractivity contribution in [3.8, 4) is 0 Å². The first-order chi connectivity index (χ1) is 11.5. The second-order valence-electron chi connectivity index (χ2n) is 6.33. The van der Waals surface area contributed by atoms with Gasteiger partial charge in [-0.05, 0) is 23.6 Å². The molecule has 0 radical (unpaired) electrons. The van der Waals surface area contributed by atoms with Crippen molar-refractivity contribution in [1.29, 1.82) is 0 Å². The molecular formula is C18H22N2O3S. The number of benzene rings is 1. The van der Waals surface area contributed by atoms with Gasteiger partial charge in [0.1, 0.15) is 4.90 Å². The van der Waals surface area contributed by atoms with E-state index in [4.69, 9.17) is 4.74 Å². The molecule has 1 fully saturated rings. The van der Waals surface area contributed by atoms with Crippen LogP contribution in [0, 0.1) is 5.92 Å². The Morgan fingerprint density at radius 1 is 1.12 bits per heavy atom. The summed E-state index contributed by atoms with van der Waals surface area (Å²) in [4.78, 5) is 4.16. The first kappa shape index (κ1) is 17.1. The fourth-order valence-electron chi connectivity index (χ4n) is 2.82.